The number of rotatable bonds is 9. The van der Waals surface area contributed by atoms with Crippen LogP contribution in [0, 0.1) is 0 Å². The number of aliphatic carboxylic acids is 1. The molecule has 0 saturated heterocycles. The maximum atomic E-state index is 12.8. The Balaban J connectivity index is 1.68. The molecule has 2 aromatic heterocycles. The van der Waals surface area contributed by atoms with Gasteiger partial charge in [-0.15, -0.1) is 11.3 Å². The summed E-state index contributed by atoms with van der Waals surface area (Å²) in [4.78, 5) is 29.0. The van der Waals surface area contributed by atoms with E-state index >= 15 is 0 Å². The molecule has 0 fully saturated rings. The van der Waals surface area contributed by atoms with Gasteiger partial charge in [0.2, 0.25) is 10.0 Å². The molecule has 1 unspecified atom stereocenters. The summed E-state index contributed by atoms with van der Waals surface area (Å²) in [5, 5.41) is 9.77. The standard InChI is InChI=1S/C22H22ClN3O5S2/c1-15(17-2-4-18(23)5-3-17)12-25-33(30,31)20-7-6-19(32-20)14-26(21(27)22(28)29)13-16-8-10-24-11-9-16/h2-11,15,25H,12-14H2,1H3,(H,28,29). The quantitative estimate of drug-likeness (QED) is 0.428. The number of amides is 1. The molecule has 0 bridgehead atoms. The van der Waals surface area contributed by atoms with Crippen LogP contribution in [-0.4, -0.2) is 41.8 Å². The summed E-state index contributed by atoms with van der Waals surface area (Å²) in [7, 11) is -3.77. The summed E-state index contributed by atoms with van der Waals surface area (Å²) >= 11 is 6.89. The van der Waals surface area contributed by atoms with Gasteiger partial charge in [-0.05, 0) is 53.4 Å². The first-order valence-corrected chi connectivity index (χ1v) is 12.6. The lowest BCUT2D eigenvalue weighted by atomic mass is 10.0. The predicted molar refractivity (Wildman–Crippen MR) is 126 cm³/mol. The van der Waals surface area contributed by atoms with Crippen LogP contribution in [0.5, 0.6) is 0 Å². The molecule has 2 N–H and O–H groups in total. The Morgan fingerprint density at radius 2 is 1.76 bits per heavy atom. The lowest BCUT2D eigenvalue weighted by Crippen LogP contribution is -2.35. The lowest BCUT2D eigenvalue weighted by Gasteiger charge is -2.20. The van der Waals surface area contributed by atoms with E-state index in [1.807, 2.05) is 19.1 Å². The lowest BCUT2D eigenvalue weighted by molar-refractivity contribution is -0.156. The molecule has 3 aromatic rings. The first-order chi connectivity index (χ1) is 15.7. The Hall–Kier alpha value is -2.79. The van der Waals surface area contributed by atoms with E-state index in [4.69, 9.17) is 16.7 Å². The van der Waals surface area contributed by atoms with Crippen molar-refractivity contribution in [3.05, 3.63) is 82.0 Å². The van der Waals surface area contributed by atoms with Crippen LogP contribution in [0.15, 0.2) is 65.1 Å². The van der Waals surface area contributed by atoms with Crippen molar-refractivity contribution in [3.63, 3.8) is 0 Å². The Kier molecular flexibility index (Phi) is 8.20. The van der Waals surface area contributed by atoms with Crippen LogP contribution < -0.4 is 4.72 Å². The summed E-state index contributed by atoms with van der Waals surface area (Å²) in [5.74, 6) is -2.72. The van der Waals surface area contributed by atoms with Crippen molar-refractivity contribution in [3.8, 4) is 0 Å². The molecule has 1 atom stereocenters. The molecule has 174 valence electrons. The minimum Gasteiger partial charge on any atom is -0.474 e. The number of nitrogens with zero attached hydrogens (tertiary/aromatic N) is 2. The van der Waals surface area contributed by atoms with E-state index < -0.39 is 21.9 Å². The molecule has 0 spiro atoms. The SMILES string of the molecule is CC(CNS(=O)(=O)c1ccc(CN(Cc2ccncc2)C(=O)C(=O)O)s1)c1ccc(Cl)cc1. The molecule has 11 heteroatoms. The number of aromatic nitrogens is 1. The monoisotopic (exact) mass is 507 g/mol. The molecule has 8 nitrogen and oxygen atoms in total. The number of nitrogens with one attached hydrogen (secondary N) is 1. The number of halogens is 1. The fraction of sp³-hybridized carbons (Fsp3) is 0.227. The third-order valence-corrected chi connectivity index (χ3v) is 8.10. The van der Waals surface area contributed by atoms with Crippen LogP contribution in [0.1, 0.15) is 28.8 Å². The van der Waals surface area contributed by atoms with Crippen molar-refractivity contribution in [1.29, 1.82) is 0 Å². The zero-order chi connectivity index (χ0) is 24.0. The Labute approximate surface area is 200 Å². The minimum atomic E-state index is -3.77. The van der Waals surface area contributed by atoms with Gasteiger partial charge in [-0.3, -0.25) is 9.78 Å². The fourth-order valence-electron chi connectivity index (χ4n) is 3.03. The fourth-order valence-corrected chi connectivity index (χ4v) is 5.71. The van der Waals surface area contributed by atoms with Crippen LogP contribution in [0.2, 0.25) is 5.02 Å². The molecule has 0 aliphatic carbocycles. The summed E-state index contributed by atoms with van der Waals surface area (Å²) in [5.41, 5.74) is 1.66. The number of hydrogen-bond donors (Lipinski definition) is 2. The summed E-state index contributed by atoms with van der Waals surface area (Å²) in [6.45, 7) is 2.13. The van der Waals surface area contributed by atoms with E-state index in [0.717, 1.165) is 21.8 Å². The molecule has 0 aliphatic rings. The highest BCUT2D eigenvalue weighted by atomic mass is 35.5. The largest absolute Gasteiger partial charge is 0.474 e. The van der Waals surface area contributed by atoms with Gasteiger partial charge in [0, 0.05) is 35.4 Å². The van der Waals surface area contributed by atoms with Gasteiger partial charge < -0.3 is 10.0 Å². The molecule has 0 saturated carbocycles. The highest BCUT2D eigenvalue weighted by molar-refractivity contribution is 7.91. The zero-order valence-corrected chi connectivity index (χ0v) is 20.0. The van der Waals surface area contributed by atoms with E-state index in [1.165, 1.54) is 6.07 Å². The van der Waals surface area contributed by atoms with Crippen LogP contribution >= 0.6 is 22.9 Å². The zero-order valence-electron chi connectivity index (χ0n) is 17.6. The van der Waals surface area contributed by atoms with Crippen LogP contribution in [0.4, 0.5) is 0 Å². The van der Waals surface area contributed by atoms with Gasteiger partial charge in [-0.25, -0.2) is 17.9 Å². The summed E-state index contributed by atoms with van der Waals surface area (Å²) < 4.78 is 28.2. The molecule has 3 rings (SSSR count). The average molecular weight is 508 g/mol. The molecular weight excluding hydrogens is 486 g/mol. The van der Waals surface area contributed by atoms with Gasteiger partial charge in [-0.1, -0.05) is 30.7 Å². The first kappa shape index (κ1) is 24.8. The predicted octanol–water partition coefficient (Wildman–Crippen LogP) is 3.49. The first-order valence-electron chi connectivity index (χ1n) is 9.90. The maximum Gasteiger partial charge on any atom is 0.394 e. The van der Waals surface area contributed by atoms with Crippen LogP contribution in [0.25, 0.3) is 0 Å². The number of sulfonamides is 1. The number of benzene rings is 1. The average Bonchev–Trinajstić information content (AvgIpc) is 3.27. The normalized spacial score (nSPS) is 12.3. The Morgan fingerprint density at radius 1 is 1.09 bits per heavy atom. The number of pyridine rings is 1. The topological polar surface area (TPSA) is 117 Å². The summed E-state index contributed by atoms with van der Waals surface area (Å²) in [6.07, 6.45) is 3.09. The molecule has 33 heavy (non-hydrogen) atoms. The van der Waals surface area contributed by atoms with E-state index in [9.17, 15) is 18.0 Å². The third-order valence-electron chi connectivity index (χ3n) is 4.86. The minimum absolute atomic E-state index is 0.0329. The van der Waals surface area contributed by atoms with Crippen LogP contribution in [0.3, 0.4) is 0 Å². The van der Waals surface area contributed by atoms with Crippen LogP contribution in [-0.2, 0) is 32.7 Å². The van der Waals surface area contributed by atoms with Gasteiger partial charge in [-0.2, -0.15) is 0 Å². The van der Waals surface area contributed by atoms with Gasteiger partial charge in [0.1, 0.15) is 4.21 Å². The van der Waals surface area contributed by atoms with E-state index in [1.54, 1.807) is 42.7 Å². The van der Waals surface area contributed by atoms with Crippen molar-refractivity contribution in [1.82, 2.24) is 14.6 Å². The highest BCUT2D eigenvalue weighted by Crippen LogP contribution is 2.24. The molecule has 0 aliphatic heterocycles. The van der Waals surface area contributed by atoms with Crippen molar-refractivity contribution < 1.29 is 23.1 Å². The van der Waals surface area contributed by atoms with Gasteiger partial charge in [0.25, 0.3) is 0 Å². The molecule has 2 heterocycles. The number of carbonyl (C=O) groups excluding carboxylic acids is 1. The number of hydrogen-bond acceptors (Lipinski definition) is 6. The number of carboxylic acids is 1. The second-order valence-electron chi connectivity index (χ2n) is 7.35. The third kappa shape index (κ3) is 6.84. The van der Waals surface area contributed by atoms with Crippen molar-refractivity contribution >= 4 is 44.8 Å². The maximum absolute atomic E-state index is 12.8. The Morgan fingerprint density at radius 3 is 2.39 bits per heavy atom. The van der Waals surface area contributed by atoms with E-state index in [0.29, 0.717) is 15.5 Å². The van der Waals surface area contributed by atoms with E-state index in [-0.39, 0.29) is 29.8 Å². The molecule has 0 radical (unpaired) electrons. The molecular formula is C22H22ClN3O5S2. The van der Waals surface area contributed by atoms with Crippen molar-refractivity contribution in [2.75, 3.05) is 6.54 Å². The molecule has 1 aromatic carbocycles. The molecule has 1 amide bonds. The summed E-state index contributed by atoms with van der Waals surface area (Å²) in [6, 6.07) is 13.6. The second kappa shape index (κ2) is 10.9. The smallest absolute Gasteiger partial charge is 0.394 e. The number of carboxylic acid groups (broad SMARTS) is 1. The number of carbonyl (C=O) groups is 2. The number of thiophene rings is 1. The van der Waals surface area contributed by atoms with Crippen molar-refractivity contribution in [2.24, 2.45) is 0 Å². The van der Waals surface area contributed by atoms with Gasteiger partial charge in [0.15, 0.2) is 0 Å². The second-order valence-corrected chi connectivity index (χ2v) is 10.9. The highest BCUT2D eigenvalue weighted by Gasteiger charge is 2.24. The van der Waals surface area contributed by atoms with Crippen molar-refractivity contribution in [2.45, 2.75) is 30.1 Å². The van der Waals surface area contributed by atoms with Gasteiger partial charge >= 0.3 is 11.9 Å². The van der Waals surface area contributed by atoms with Gasteiger partial charge in [0.05, 0.1) is 6.54 Å². The Bertz CT molecular complexity index is 1210. The van der Waals surface area contributed by atoms with E-state index in [2.05, 4.69) is 9.71 Å².